The molecule has 0 atom stereocenters. The van der Waals surface area contributed by atoms with Gasteiger partial charge >= 0.3 is 0 Å². The zero-order chi connectivity index (χ0) is 36.1. The van der Waals surface area contributed by atoms with E-state index >= 15 is 0 Å². The van der Waals surface area contributed by atoms with Gasteiger partial charge in [0.1, 0.15) is 33.3 Å². The monoisotopic (exact) mass is 728 g/mol. The summed E-state index contributed by atoms with van der Waals surface area (Å²) in [6.07, 6.45) is 0. The van der Waals surface area contributed by atoms with Gasteiger partial charge < -0.3 is 20.4 Å². The van der Waals surface area contributed by atoms with Gasteiger partial charge in [0.25, 0.3) is 11.8 Å². The molecule has 0 saturated carbocycles. The number of amides is 2. The van der Waals surface area contributed by atoms with Gasteiger partial charge in [-0.25, -0.2) is 8.42 Å². The zero-order valence-electron chi connectivity index (χ0n) is 27.2. The number of rotatable bonds is 8. The van der Waals surface area contributed by atoms with Crippen molar-refractivity contribution in [1.82, 2.24) is 0 Å². The van der Waals surface area contributed by atoms with Crippen molar-refractivity contribution in [3.05, 3.63) is 153 Å². The van der Waals surface area contributed by atoms with Gasteiger partial charge in [0.05, 0.1) is 9.79 Å². The molecule has 2 amide bonds. The molecule has 2 aliphatic rings. The Hall–Kier alpha value is -5.99. The highest BCUT2D eigenvalue weighted by atomic mass is 32.2. The summed E-state index contributed by atoms with van der Waals surface area (Å²) in [7, 11) is -3.97. The van der Waals surface area contributed by atoms with E-state index in [-0.39, 0.29) is 20.9 Å². The van der Waals surface area contributed by atoms with Gasteiger partial charge in [0, 0.05) is 34.1 Å². The van der Waals surface area contributed by atoms with E-state index < -0.39 is 21.7 Å². The Labute approximate surface area is 304 Å². The smallest absolute Gasteiger partial charge is 0.269 e. The van der Waals surface area contributed by atoms with Crippen molar-refractivity contribution in [2.24, 2.45) is 0 Å². The number of para-hydroxylation sites is 2. The van der Waals surface area contributed by atoms with Crippen molar-refractivity contribution in [2.75, 3.05) is 20.4 Å². The van der Waals surface area contributed by atoms with Crippen molar-refractivity contribution in [2.45, 2.75) is 23.6 Å². The van der Waals surface area contributed by atoms with Gasteiger partial charge in [-0.1, -0.05) is 59.9 Å². The topological polar surface area (TPSA) is 146 Å². The quantitative estimate of drug-likeness (QED) is 0.135. The van der Waals surface area contributed by atoms with E-state index in [2.05, 4.69) is 10.6 Å². The van der Waals surface area contributed by atoms with Gasteiger partial charge in [-0.15, -0.1) is 0 Å². The van der Waals surface area contributed by atoms with Gasteiger partial charge in [-0.3, -0.25) is 9.59 Å². The molecule has 0 aliphatic carbocycles. The van der Waals surface area contributed by atoms with Crippen LogP contribution in [0.15, 0.2) is 162 Å². The fourth-order valence-corrected chi connectivity index (χ4v) is 8.56. The Morgan fingerprint density at radius 3 is 1.27 bits per heavy atom. The first-order valence-electron chi connectivity index (χ1n) is 15.4. The average molecular weight is 729 g/mol. The summed E-state index contributed by atoms with van der Waals surface area (Å²) in [5, 5.41) is 29.9. The van der Waals surface area contributed by atoms with Gasteiger partial charge in [0.2, 0.25) is 9.84 Å². The predicted octanol–water partition coefficient (Wildman–Crippen LogP) is 8.10. The van der Waals surface area contributed by atoms with Gasteiger partial charge in [-0.2, -0.15) is 10.5 Å². The largest absolute Gasteiger partial charge is 0.321 e. The van der Waals surface area contributed by atoms with Crippen LogP contribution in [-0.2, 0) is 19.4 Å². The maximum atomic E-state index is 13.5. The summed E-state index contributed by atoms with van der Waals surface area (Å²) in [6, 6.07) is 34.1. The molecule has 13 heteroatoms. The van der Waals surface area contributed by atoms with Crippen molar-refractivity contribution in [3.8, 4) is 12.1 Å². The molecule has 0 radical (unpaired) electrons. The fraction of sp³-hybridized carbons (Fsp3) is 0.0526. The minimum Gasteiger partial charge on any atom is -0.321 e. The minimum absolute atomic E-state index is 0.0174. The number of nitrogens with zero attached hydrogens (tertiary/aromatic N) is 4. The lowest BCUT2D eigenvalue weighted by molar-refractivity contribution is -0.113. The number of anilines is 4. The molecule has 51 heavy (non-hydrogen) atoms. The highest BCUT2D eigenvalue weighted by molar-refractivity contribution is 8.06. The summed E-state index contributed by atoms with van der Waals surface area (Å²) in [5.74, 6) is -1.25. The van der Waals surface area contributed by atoms with E-state index in [0.717, 1.165) is 22.8 Å². The lowest BCUT2D eigenvalue weighted by Gasteiger charge is -2.22. The highest BCUT2D eigenvalue weighted by Crippen LogP contribution is 2.41. The molecule has 10 nitrogen and oxygen atoms in total. The lowest BCUT2D eigenvalue weighted by atomic mass is 10.2. The van der Waals surface area contributed by atoms with Crippen LogP contribution in [-0.4, -0.2) is 20.2 Å². The lowest BCUT2D eigenvalue weighted by Crippen LogP contribution is -2.22. The molecule has 0 bridgehead atoms. The van der Waals surface area contributed by atoms with E-state index in [1.165, 1.54) is 72.1 Å². The second-order valence-corrected chi connectivity index (χ2v) is 14.8. The maximum Gasteiger partial charge on any atom is 0.269 e. The van der Waals surface area contributed by atoms with Crippen LogP contribution < -0.4 is 20.4 Å². The van der Waals surface area contributed by atoms with Crippen LogP contribution in [0.2, 0.25) is 0 Å². The third kappa shape index (κ3) is 7.18. The first kappa shape index (κ1) is 34.9. The van der Waals surface area contributed by atoms with Gasteiger partial charge in [-0.05, 0) is 97.5 Å². The average Bonchev–Trinajstić information content (AvgIpc) is 3.71. The summed E-state index contributed by atoms with van der Waals surface area (Å²) in [5.41, 5.74) is 3.80. The van der Waals surface area contributed by atoms with Crippen LogP contribution in [0.5, 0.6) is 0 Å². The molecular weight excluding hydrogens is 701 g/mol. The molecule has 252 valence electrons. The Kier molecular flexibility index (Phi) is 10.2. The number of carbonyl (C=O) groups excluding carboxylic acids is 2. The molecule has 0 aromatic heterocycles. The van der Waals surface area contributed by atoms with Gasteiger partial charge in [0.15, 0.2) is 0 Å². The van der Waals surface area contributed by atoms with E-state index in [4.69, 9.17) is 0 Å². The summed E-state index contributed by atoms with van der Waals surface area (Å²) < 4.78 is 26.9. The minimum atomic E-state index is -3.97. The Morgan fingerprint density at radius 2 is 0.941 bits per heavy atom. The molecular formula is C38H28N6O4S3. The van der Waals surface area contributed by atoms with E-state index in [9.17, 15) is 28.5 Å². The van der Waals surface area contributed by atoms with Crippen LogP contribution in [0.4, 0.5) is 22.7 Å². The van der Waals surface area contributed by atoms with Crippen molar-refractivity contribution in [1.29, 1.82) is 10.5 Å². The van der Waals surface area contributed by atoms with Crippen molar-refractivity contribution >= 4 is 67.9 Å². The van der Waals surface area contributed by atoms with E-state index in [1.807, 2.05) is 107 Å². The first-order chi connectivity index (χ1) is 24.6. The number of nitriles is 2. The number of allylic oxidation sites excluding steroid dienone is 2. The Balaban J connectivity index is 1.15. The molecule has 0 fully saturated rings. The van der Waals surface area contributed by atoms with Crippen LogP contribution in [0.25, 0.3) is 0 Å². The number of hydrogen-bond donors (Lipinski definition) is 2. The highest BCUT2D eigenvalue weighted by Gasteiger charge is 2.29. The zero-order valence-corrected chi connectivity index (χ0v) is 29.6. The molecule has 2 N–H and O–H groups in total. The predicted molar refractivity (Wildman–Crippen MR) is 201 cm³/mol. The Morgan fingerprint density at radius 1 is 0.588 bits per heavy atom. The number of benzene rings is 4. The number of hydrogen-bond acceptors (Lipinski definition) is 10. The molecule has 4 aromatic rings. The van der Waals surface area contributed by atoms with Crippen LogP contribution in [0.3, 0.4) is 0 Å². The molecule has 2 aliphatic heterocycles. The molecule has 0 unspecified atom stereocenters. The fourth-order valence-electron chi connectivity index (χ4n) is 5.30. The first-order valence-corrected chi connectivity index (χ1v) is 18.6. The normalized spacial score (nSPS) is 16.0. The van der Waals surface area contributed by atoms with E-state index in [0.29, 0.717) is 21.4 Å². The van der Waals surface area contributed by atoms with E-state index in [1.54, 1.807) is 0 Å². The number of thioether (sulfide) groups is 2. The standard InChI is InChI=1S/C38H28N6O4S3/c1-25-23-49-37(43(25)29-9-5-3-6-10-29)33(21-39)35(45)41-27-13-17-31(18-14-27)51(47,48)32-19-15-28(16-20-32)42-36(46)34(22-40)38-44(26(2)24-50-38)30-11-7-4-8-12-30/h3-20,23-24H,1-2H3,(H,41,45)(H,42,46)/b37-33+,38-34+. The maximum absolute atomic E-state index is 13.5. The molecule has 0 saturated heterocycles. The molecule has 6 rings (SSSR count). The number of sulfone groups is 1. The summed E-state index contributed by atoms with van der Waals surface area (Å²) in [6.45, 7) is 3.78. The van der Waals surface area contributed by atoms with Crippen molar-refractivity contribution < 1.29 is 18.0 Å². The molecule has 4 aromatic carbocycles. The summed E-state index contributed by atoms with van der Waals surface area (Å²) in [4.78, 5) is 30.1. The van der Waals surface area contributed by atoms with Crippen LogP contribution >= 0.6 is 23.5 Å². The third-order valence-corrected chi connectivity index (χ3v) is 11.7. The second kappa shape index (κ2) is 14.9. The van der Waals surface area contributed by atoms with Crippen LogP contribution in [0, 0.1) is 22.7 Å². The number of nitrogens with one attached hydrogen (secondary N) is 2. The number of carbonyl (C=O) groups is 2. The SMILES string of the molecule is CC1=CS/C(=C(\C#N)C(=O)Nc2ccc(S(=O)(=O)c3ccc(NC(=O)/C(C#N)=C4/SC=C(C)N4c4ccccc4)cc3)cc2)N1c1ccccc1. The molecule has 2 heterocycles. The van der Waals surface area contributed by atoms with Crippen LogP contribution in [0.1, 0.15) is 13.8 Å². The Bertz CT molecular complexity index is 2180. The van der Waals surface area contributed by atoms with Crippen molar-refractivity contribution in [3.63, 3.8) is 0 Å². The second-order valence-electron chi connectivity index (χ2n) is 11.1. The third-order valence-electron chi connectivity index (χ3n) is 7.77. The molecule has 0 spiro atoms. The summed E-state index contributed by atoms with van der Waals surface area (Å²) >= 11 is 2.55.